The highest BCUT2D eigenvalue weighted by Gasteiger charge is 2.20. The quantitative estimate of drug-likeness (QED) is 0.239. The molecule has 1 aliphatic carbocycles. The molecule has 1 aliphatic rings. The van der Waals surface area contributed by atoms with E-state index in [1.165, 1.54) is 18.9 Å². The number of hydrogen-bond donors (Lipinski definition) is 2. The molecule has 2 N–H and O–H groups in total. The van der Waals surface area contributed by atoms with Gasteiger partial charge in [0.1, 0.15) is 0 Å². The Morgan fingerprint density at radius 2 is 2.17 bits per heavy atom. The first kappa shape index (κ1) is 17.2. The minimum Gasteiger partial charge on any atom is -0.381 e. The normalized spacial score (nSPS) is 14.6. The lowest BCUT2D eigenvalue weighted by Gasteiger charge is -2.12. The Labute approximate surface area is 136 Å². The monoisotopic (exact) mass is 320 g/mol. The SMILES string of the molecule is CN=C(NCCCOCC1CC1)NCc1ccccc1[N+](=O)[O-]. The Kier molecular flexibility index (Phi) is 6.80. The van der Waals surface area contributed by atoms with Crippen molar-refractivity contribution in [2.45, 2.75) is 25.8 Å². The van der Waals surface area contributed by atoms with Crippen molar-refractivity contribution in [2.24, 2.45) is 10.9 Å². The van der Waals surface area contributed by atoms with Crippen molar-refractivity contribution < 1.29 is 9.66 Å². The number of nitrogens with one attached hydrogen (secondary N) is 2. The van der Waals surface area contributed by atoms with E-state index in [9.17, 15) is 10.1 Å². The van der Waals surface area contributed by atoms with Gasteiger partial charge in [0.15, 0.2) is 5.96 Å². The summed E-state index contributed by atoms with van der Waals surface area (Å²) in [7, 11) is 1.68. The predicted octanol–water partition coefficient (Wildman–Crippen LogP) is 2.08. The summed E-state index contributed by atoms with van der Waals surface area (Å²) >= 11 is 0. The fraction of sp³-hybridized carbons (Fsp3) is 0.562. The number of benzene rings is 1. The summed E-state index contributed by atoms with van der Waals surface area (Å²) in [6, 6.07) is 6.70. The summed E-state index contributed by atoms with van der Waals surface area (Å²) in [4.78, 5) is 14.7. The molecule has 0 atom stereocenters. The first-order valence-electron chi connectivity index (χ1n) is 7.95. The van der Waals surface area contributed by atoms with Crippen molar-refractivity contribution in [2.75, 3.05) is 26.8 Å². The van der Waals surface area contributed by atoms with Crippen molar-refractivity contribution in [3.63, 3.8) is 0 Å². The summed E-state index contributed by atoms with van der Waals surface area (Å²) in [6.45, 7) is 2.73. The Hall–Kier alpha value is -2.15. The molecule has 1 saturated carbocycles. The fourth-order valence-electron chi connectivity index (χ4n) is 2.15. The average molecular weight is 320 g/mol. The second-order valence-electron chi connectivity index (χ2n) is 5.61. The molecule has 0 heterocycles. The van der Waals surface area contributed by atoms with Gasteiger partial charge in [-0.2, -0.15) is 0 Å². The first-order valence-corrected chi connectivity index (χ1v) is 7.95. The van der Waals surface area contributed by atoms with Gasteiger partial charge in [0.25, 0.3) is 5.69 Å². The summed E-state index contributed by atoms with van der Waals surface area (Å²) in [5, 5.41) is 17.3. The molecule has 0 amide bonds. The van der Waals surface area contributed by atoms with E-state index < -0.39 is 0 Å². The van der Waals surface area contributed by atoms with Crippen LogP contribution >= 0.6 is 0 Å². The van der Waals surface area contributed by atoms with E-state index in [1.807, 2.05) is 0 Å². The number of guanidine groups is 1. The standard InChI is InChI=1S/C16H24N4O3/c1-17-16(18-9-4-10-23-12-13-7-8-13)19-11-14-5-2-3-6-15(14)20(21)22/h2-3,5-6,13H,4,7-12H2,1H3,(H2,17,18,19). The third-order valence-corrected chi connectivity index (χ3v) is 3.67. The van der Waals surface area contributed by atoms with Gasteiger partial charge in [0, 0.05) is 45.0 Å². The van der Waals surface area contributed by atoms with Gasteiger partial charge in [0.05, 0.1) is 4.92 Å². The van der Waals surface area contributed by atoms with Gasteiger partial charge in [-0.25, -0.2) is 0 Å². The number of nitrogens with zero attached hydrogens (tertiary/aromatic N) is 2. The lowest BCUT2D eigenvalue weighted by Crippen LogP contribution is -2.37. The van der Waals surface area contributed by atoms with Gasteiger partial charge in [-0.05, 0) is 25.2 Å². The number of aliphatic imine (C=N–C) groups is 1. The summed E-state index contributed by atoms with van der Waals surface area (Å²) in [5.41, 5.74) is 0.747. The highest BCUT2D eigenvalue weighted by molar-refractivity contribution is 5.79. The third kappa shape index (κ3) is 6.23. The highest BCUT2D eigenvalue weighted by Crippen LogP contribution is 2.28. The number of nitro groups is 1. The minimum atomic E-state index is -0.371. The summed E-state index contributed by atoms with van der Waals surface area (Å²) < 4.78 is 5.57. The maximum atomic E-state index is 11.0. The van der Waals surface area contributed by atoms with Gasteiger partial charge in [-0.3, -0.25) is 15.1 Å². The van der Waals surface area contributed by atoms with Crippen LogP contribution in [-0.4, -0.2) is 37.7 Å². The highest BCUT2D eigenvalue weighted by atomic mass is 16.6. The van der Waals surface area contributed by atoms with Crippen LogP contribution in [0.4, 0.5) is 5.69 Å². The molecule has 0 aliphatic heterocycles. The van der Waals surface area contributed by atoms with E-state index in [-0.39, 0.29) is 10.6 Å². The van der Waals surface area contributed by atoms with Gasteiger partial charge in [0.2, 0.25) is 0 Å². The average Bonchev–Trinajstić information content (AvgIpc) is 3.38. The Bertz CT molecular complexity index is 544. The van der Waals surface area contributed by atoms with Gasteiger partial charge in [-0.1, -0.05) is 18.2 Å². The van der Waals surface area contributed by atoms with Crippen molar-refractivity contribution >= 4 is 11.6 Å². The molecule has 1 fully saturated rings. The molecule has 0 unspecified atom stereocenters. The Morgan fingerprint density at radius 1 is 1.39 bits per heavy atom. The van der Waals surface area contributed by atoms with Crippen LogP contribution in [-0.2, 0) is 11.3 Å². The van der Waals surface area contributed by atoms with E-state index in [0.717, 1.165) is 32.1 Å². The molecule has 0 bridgehead atoms. The zero-order chi connectivity index (χ0) is 16.5. The van der Waals surface area contributed by atoms with Crippen LogP contribution in [0.3, 0.4) is 0 Å². The lowest BCUT2D eigenvalue weighted by molar-refractivity contribution is -0.385. The number of hydrogen-bond acceptors (Lipinski definition) is 4. The van der Waals surface area contributed by atoms with E-state index in [1.54, 1.807) is 25.2 Å². The number of nitro benzene ring substituents is 1. The molecule has 2 rings (SSSR count). The molecule has 126 valence electrons. The van der Waals surface area contributed by atoms with E-state index >= 15 is 0 Å². The number of rotatable bonds is 9. The molecular weight excluding hydrogens is 296 g/mol. The molecular formula is C16H24N4O3. The summed E-state index contributed by atoms with van der Waals surface area (Å²) in [6.07, 6.45) is 3.51. The Morgan fingerprint density at radius 3 is 2.87 bits per heavy atom. The van der Waals surface area contributed by atoms with E-state index in [0.29, 0.717) is 18.1 Å². The van der Waals surface area contributed by atoms with Crippen LogP contribution in [0.5, 0.6) is 0 Å². The van der Waals surface area contributed by atoms with Crippen molar-refractivity contribution in [1.82, 2.24) is 10.6 Å². The van der Waals surface area contributed by atoms with Crippen LogP contribution in [0.15, 0.2) is 29.3 Å². The van der Waals surface area contributed by atoms with Gasteiger partial charge in [-0.15, -0.1) is 0 Å². The molecule has 1 aromatic carbocycles. The van der Waals surface area contributed by atoms with Crippen molar-refractivity contribution in [3.05, 3.63) is 39.9 Å². The van der Waals surface area contributed by atoms with Crippen LogP contribution in [0.25, 0.3) is 0 Å². The molecule has 0 aromatic heterocycles. The van der Waals surface area contributed by atoms with Crippen LogP contribution in [0.1, 0.15) is 24.8 Å². The molecule has 7 nitrogen and oxygen atoms in total. The van der Waals surface area contributed by atoms with Crippen molar-refractivity contribution in [3.8, 4) is 0 Å². The second-order valence-corrected chi connectivity index (χ2v) is 5.61. The third-order valence-electron chi connectivity index (χ3n) is 3.67. The van der Waals surface area contributed by atoms with Crippen LogP contribution in [0.2, 0.25) is 0 Å². The van der Waals surface area contributed by atoms with E-state index in [2.05, 4.69) is 15.6 Å². The van der Waals surface area contributed by atoms with E-state index in [4.69, 9.17) is 4.74 Å². The smallest absolute Gasteiger partial charge is 0.274 e. The molecule has 0 spiro atoms. The number of para-hydroxylation sites is 1. The van der Waals surface area contributed by atoms with Crippen molar-refractivity contribution in [1.29, 1.82) is 0 Å². The lowest BCUT2D eigenvalue weighted by atomic mass is 10.2. The largest absolute Gasteiger partial charge is 0.381 e. The van der Waals surface area contributed by atoms with Gasteiger partial charge >= 0.3 is 0 Å². The summed E-state index contributed by atoms with van der Waals surface area (Å²) in [5.74, 6) is 1.42. The molecule has 0 radical (unpaired) electrons. The second kappa shape index (κ2) is 9.09. The van der Waals surface area contributed by atoms with Crippen LogP contribution in [0, 0.1) is 16.0 Å². The topological polar surface area (TPSA) is 88.8 Å². The zero-order valence-corrected chi connectivity index (χ0v) is 13.5. The van der Waals surface area contributed by atoms with Gasteiger partial charge < -0.3 is 15.4 Å². The maximum Gasteiger partial charge on any atom is 0.274 e. The molecule has 23 heavy (non-hydrogen) atoms. The predicted molar refractivity (Wildman–Crippen MR) is 89.5 cm³/mol. The Balaban J connectivity index is 1.67. The zero-order valence-electron chi connectivity index (χ0n) is 13.5. The first-order chi connectivity index (χ1) is 11.2. The number of ether oxygens (including phenoxy) is 1. The fourth-order valence-corrected chi connectivity index (χ4v) is 2.15. The molecule has 1 aromatic rings. The molecule has 0 saturated heterocycles. The minimum absolute atomic E-state index is 0.115. The molecule has 7 heteroatoms. The van der Waals surface area contributed by atoms with Crippen LogP contribution < -0.4 is 10.6 Å². The maximum absolute atomic E-state index is 11.0.